The maximum Gasteiger partial charge on any atom is 0.226 e. The first-order valence-corrected chi connectivity index (χ1v) is 5.81. The molecule has 1 amide bonds. The van der Waals surface area contributed by atoms with E-state index < -0.39 is 0 Å². The molecule has 0 aliphatic carbocycles. The van der Waals surface area contributed by atoms with E-state index in [0.29, 0.717) is 24.7 Å². The molecular formula is C10H18N2O2S. The highest BCUT2D eigenvalue weighted by Gasteiger charge is 2.14. The first-order valence-electron chi connectivity index (χ1n) is 5.40. The third-order valence-electron chi connectivity index (χ3n) is 2.30. The Labute approximate surface area is 96.0 Å². The van der Waals surface area contributed by atoms with E-state index in [2.05, 4.69) is 12.2 Å². The zero-order chi connectivity index (χ0) is 11.1. The van der Waals surface area contributed by atoms with Gasteiger partial charge in [0.25, 0.3) is 0 Å². The quantitative estimate of drug-likeness (QED) is 0.732. The van der Waals surface area contributed by atoms with Crippen molar-refractivity contribution < 1.29 is 9.53 Å². The standard InChI is InChI=1S/C10H18N2O2S/c1-2-3-4-9(13)11-10(15)12-5-7-14-8-6-12/h2-8H2,1H3,(H,11,13,15). The monoisotopic (exact) mass is 230 g/mol. The van der Waals surface area contributed by atoms with Gasteiger partial charge in [0.2, 0.25) is 5.91 Å². The molecule has 15 heavy (non-hydrogen) atoms. The number of hydrogen-bond acceptors (Lipinski definition) is 3. The van der Waals surface area contributed by atoms with Crippen molar-refractivity contribution >= 4 is 23.2 Å². The SMILES string of the molecule is CCCCC(=O)NC(=S)N1CCOCC1. The molecule has 86 valence electrons. The van der Waals surface area contributed by atoms with Crippen LogP contribution in [0.15, 0.2) is 0 Å². The summed E-state index contributed by atoms with van der Waals surface area (Å²) in [4.78, 5) is 13.4. The van der Waals surface area contributed by atoms with E-state index in [9.17, 15) is 4.79 Å². The lowest BCUT2D eigenvalue weighted by molar-refractivity contribution is -0.119. The van der Waals surface area contributed by atoms with Gasteiger partial charge in [0.1, 0.15) is 0 Å². The van der Waals surface area contributed by atoms with Crippen molar-refractivity contribution in [2.45, 2.75) is 26.2 Å². The zero-order valence-corrected chi connectivity index (χ0v) is 9.94. The Morgan fingerprint density at radius 3 is 2.73 bits per heavy atom. The number of nitrogens with one attached hydrogen (secondary N) is 1. The summed E-state index contributed by atoms with van der Waals surface area (Å²) >= 11 is 5.14. The van der Waals surface area contributed by atoms with Gasteiger partial charge in [0, 0.05) is 19.5 Å². The molecule has 0 radical (unpaired) electrons. The van der Waals surface area contributed by atoms with Gasteiger partial charge < -0.3 is 15.0 Å². The molecule has 5 heteroatoms. The molecule has 0 unspecified atom stereocenters. The van der Waals surface area contributed by atoms with Crippen LogP contribution in [0.3, 0.4) is 0 Å². The lowest BCUT2D eigenvalue weighted by Crippen LogP contribution is -2.47. The van der Waals surface area contributed by atoms with E-state index in [-0.39, 0.29) is 5.91 Å². The first kappa shape index (κ1) is 12.4. The second kappa shape index (κ2) is 6.74. The van der Waals surface area contributed by atoms with Gasteiger partial charge in [-0.15, -0.1) is 0 Å². The molecule has 1 fully saturated rings. The van der Waals surface area contributed by atoms with Crippen molar-refractivity contribution in [2.24, 2.45) is 0 Å². The Kier molecular flexibility index (Phi) is 5.57. The third kappa shape index (κ3) is 4.57. The van der Waals surface area contributed by atoms with Crippen LogP contribution in [-0.2, 0) is 9.53 Å². The first-order chi connectivity index (χ1) is 7.24. The zero-order valence-electron chi connectivity index (χ0n) is 9.12. The van der Waals surface area contributed by atoms with Crippen molar-refractivity contribution in [3.05, 3.63) is 0 Å². The predicted molar refractivity (Wildman–Crippen MR) is 62.7 cm³/mol. The number of thiocarbonyl (C=S) groups is 1. The smallest absolute Gasteiger partial charge is 0.226 e. The van der Waals surface area contributed by atoms with Crippen LogP contribution in [0.5, 0.6) is 0 Å². The molecule has 1 aliphatic heterocycles. The molecule has 0 spiro atoms. The average Bonchev–Trinajstić information content (AvgIpc) is 2.27. The minimum absolute atomic E-state index is 0.0216. The number of ether oxygens (including phenoxy) is 1. The lowest BCUT2D eigenvalue weighted by atomic mass is 10.2. The van der Waals surface area contributed by atoms with E-state index in [0.717, 1.165) is 25.9 Å². The van der Waals surface area contributed by atoms with Crippen molar-refractivity contribution in [3.8, 4) is 0 Å². The summed E-state index contributed by atoms with van der Waals surface area (Å²) in [5.74, 6) is 0.0216. The number of amides is 1. The molecule has 4 nitrogen and oxygen atoms in total. The second-order valence-electron chi connectivity index (χ2n) is 3.56. The number of unbranched alkanes of at least 4 members (excludes halogenated alkanes) is 1. The van der Waals surface area contributed by atoms with Gasteiger partial charge in [-0.05, 0) is 18.6 Å². The van der Waals surface area contributed by atoms with Crippen LogP contribution in [0.25, 0.3) is 0 Å². The summed E-state index contributed by atoms with van der Waals surface area (Å²) in [5.41, 5.74) is 0. The molecule has 0 saturated carbocycles. The van der Waals surface area contributed by atoms with Gasteiger partial charge in [-0.25, -0.2) is 0 Å². The number of carbonyl (C=O) groups excluding carboxylic acids is 1. The number of carbonyl (C=O) groups is 1. The summed E-state index contributed by atoms with van der Waals surface area (Å²) < 4.78 is 5.21. The summed E-state index contributed by atoms with van der Waals surface area (Å²) in [6.07, 6.45) is 2.50. The van der Waals surface area contributed by atoms with Crippen molar-refractivity contribution in [2.75, 3.05) is 26.3 Å². The highest BCUT2D eigenvalue weighted by Crippen LogP contribution is 1.99. The van der Waals surface area contributed by atoms with Crippen LogP contribution in [0, 0.1) is 0 Å². The molecule has 0 aromatic carbocycles. The molecule has 0 aromatic heterocycles. The maximum absolute atomic E-state index is 11.4. The van der Waals surface area contributed by atoms with E-state index in [4.69, 9.17) is 17.0 Å². The van der Waals surface area contributed by atoms with Crippen LogP contribution in [0.4, 0.5) is 0 Å². The largest absolute Gasteiger partial charge is 0.378 e. The Bertz CT molecular complexity index is 227. The minimum Gasteiger partial charge on any atom is -0.378 e. The van der Waals surface area contributed by atoms with Gasteiger partial charge in [0.15, 0.2) is 5.11 Å². The van der Waals surface area contributed by atoms with Crippen LogP contribution >= 0.6 is 12.2 Å². The van der Waals surface area contributed by atoms with Crippen LogP contribution in [0.2, 0.25) is 0 Å². The molecule has 1 aliphatic rings. The van der Waals surface area contributed by atoms with Gasteiger partial charge in [-0.3, -0.25) is 4.79 Å². The van der Waals surface area contributed by atoms with E-state index in [1.54, 1.807) is 0 Å². The fraction of sp³-hybridized carbons (Fsp3) is 0.800. The number of nitrogens with zero attached hydrogens (tertiary/aromatic N) is 1. The highest BCUT2D eigenvalue weighted by atomic mass is 32.1. The maximum atomic E-state index is 11.4. The topological polar surface area (TPSA) is 41.6 Å². The number of hydrogen-bond donors (Lipinski definition) is 1. The van der Waals surface area contributed by atoms with Gasteiger partial charge in [0.05, 0.1) is 13.2 Å². The Morgan fingerprint density at radius 2 is 2.13 bits per heavy atom. The van der Waals surface area contributed by atoms with E-state index >= 15 is 0 Å². The third-order valence-corrected chi connectivity index (χ3v) is 2.66. The number of morpholine rings is 1. The molecule has 0 atom stereocenters. The van der Waals surface area contributed by atoms with Crippen LogP contribution in [0.1, 0.15) is 26.2 Å². The molecule has 1 heterocycles. The molecule has 1 N–H and O–H groups in total. The van der Waals surface area contributed by atoms with E-state index in [1.165, 1.54) is 0 Å². The lowest BCUT2D eigenvalue weighted by Gasteiger charge is -2.28. The fourth-order valence-electron chi connectivity index (χ4n) is 1.36. The van der Waals surface area contributed by atoms with Crippen molar-refractivity contribution in [1.82, 2.24) is 10.2 Å². The fourth-order valence-corrected chi connectivity index (χ4v) is 1.66. The van der Waals surface area contributed by atoms with Gasteiger partial charge >= 0.3 is 0 Å². The van der Waals surface area contributed by atoms with Crippen LogP contribution < -0.4 is 5.32 Å². The normalized spacial score (nSPS) is 16.2. The summed E-state index contributed by atoms with van der Waals surface area (Å²) in [5, 5.41) is 3.29. The van der Waals surface area contributed by atoms with Gasteiger partial charge in [-0.2, -0.15) is 0 Å². The summed E-state index contributed by atoms with van der Waals surface area (Å²) in [6, 6.07) is 0. The molecule has 0 bridgehead atoms. The predicted octanol–water partition coefficient (Wildman–Crippen LogP) is 0.910. The molecule has 1 saturated heterocycles. The second-order valence-corrected chi connectivity index (χ2v) is 3.94. The van der Waals surface area contributed by atoms with Crippen molar-refractivity contribution in [1.29, 1.82) is 0 Å². The Balaban J connectivity index is 2.24. The molecule has 0 aromatic rings. The average molecular weight is 230 g/mol. The van der Waals surface area contributed by atoms with Gasteiger partial charge in [-0.1, -0.05) is 13.3 Å². The van der Waals surface area contributed by atoms with E-state index in [1.807, 2.05) is 4.90 Å². The number of rotatable bonds is 3. The summed E-state index contributed by atoms with van der Waals surface area (Å²) in [7, 11) is 0. The Morgan fingerprint density at radius 1 is 1.47 bits per heavy atom. The van der Waals surface area contributed by atoms with Crippen molar-refractivity contribution in [3.63, 3.8) is 0 Å². The Hall–Kier alpha value is -0.680. The molecular weight excluding hydrogens is 212 g/mol. The highest BCUT2D eigenvalue weighted by molar-refractivity contribution is 7.80. The summed E-state index contributed by atoms with van der Waals surface area (Å²) in [6.45, 7) is 4.98. The van der Waals surface area contributed by atoms with Crippen LogP contribution in [-0.4, -0.2) is 42.2 Å². The minimum atomic E-state index is 0.0216. The molecule has 1 rings (SSSR count).